The zero-order valence-electron chi connectivity index (χ0n) is 13.4. The number of anilines is 3. The van der Waals surface area contributed by atoms with Gasteiger partial charge in [0.05, 0.1) is 6.20 Å². The number of amides is 2. The van der Waals surface area contributed by atoms with E-state index >= 15 is 0 Å². The van der Waals surface area contributed by atoms with Crippen molar-refractivity contribution in [2.45, 2.75) is 26.3 Å². The summed E-state index contributed by atoms with van der Waals surface area (Å²) in [6.45, 7) is 3.72. The van der Waals surface area contributed by atoms with Crippen LogP contribution in [-0.2, 0) is 4.79 Å². The summed E-state index contributed by atoms with van der Waals surface area (Å²) in [6, 6.07) is 3.02. The molecule has 0 bridgehead atoms. The lowest BCUT2D eigenvalue weighted by atomic mass is 10.2. The van der Waals surface area contributed by atoms with Gasteiger partial charge in [0.15, 0.2) is 11.5 Å². The van der Waals surface area contributed by atoms with E-state index in [0.717, 1.165) is 5.56 Å². The number of nitrogens with zero attached hydrogens (tertiary/aromatic N) is 3. The molecule has 2 aromatic heterocycles. The fourth-order valence-corrected chi connectivity index (χ4v) is 2.00. The number of aryl methyl sites for hydroxylation is 1. The number of nitrogens with one attached hydrogen (secondary N) is 2. The largest absolute Gasteiger partial charge is 0.368 e. The van der Waals surface area contributed by atoms with Crippen molar-refractivity contribution in [3.05, 3.63) is 35.8 Å². The van der Waals surface area contributed by atoms with E-state index in [1.54, 1.807) is 12.3 Å². The van der Waals surface area contributed by atoms with Crippen molar-refractivity contribution >= 4 is 29.3 Å². The first-order valence-electron chi connectivity index (χ1n) is 7.33. The Balaban J connectivity index is 2.34. The van der Waals surface area contributed by atoms with Crippen LogP contribution in [-0.4, -0.2) is 32.8 Å². The minimum Gasteiger partial charge on any atom is -0.368 e. The number of pyridine rings is 1. The third-order valence-electron chi connectivity index (χ3n) is 3.24. The van der Waals surface area contributed by atoms with Crippen LogP contribution < -0.4 is 22.1 Å². The summed E-state index contributed by atoms with van der Waals surface area (Å²) in [7, 11) is 0. The highest BCUT2D eigenvalue weighted by atomic mass is 16.1. The van der Waals surface area contributed by atoms with E-state index in [1.165, 1.54) is 6.20 Å². The summed E-state index contributed by atoms with van der Waals surface area (Å²) in [4.78, 5) is 35.3. The average molecular weight is 329 g/mol. The van der Waals surface area contributed by atoms with Gasteiger partial charge in [0, 0.05) is 6.20 Å². The van der Waals surface area contributed by atoms with E-state index in [-0.39, 0.29) is 11.5 Å². The van der Waals surface area contributed by atoms with E-state index in [1.807, 2.05) is 19.9 Å². The van der Waals surface area contributed by atoms with Crippen molar-refractivity contribution in [2.24, 2.45) is 11.5 Å². The molecule has 0 radical (unpaired) electrons. The van der Waals surface area contributed by atoms with Crippen molar-refractivity contribution in [1.82, 2.24) is 15.0 Å². The Hall–Kier alpha value is -3.23. The molecule has 0 aliphatic heterocycles. The molecule has 9 heteroatoms. The summed E-state index contributed by atoms with van der Waals surface area (Å²) in [5, 5.41) is 5.78. The highest BCUT2D eigenvalue weighted by Gasteiger charge is 2.17. The molecule has 2 heterocycles. The van der Waals surface area contributed by atoms with Gasteiger partial charge in [-0.2, -0.15) is 0 Å². The summed E-state index contributed by atoms with van der Waals surface area (Å²) in [5.74, 6) is -0.309. The number of nitrogens with two attached hydrogens (primary N) is 2. The molecule has 0 saturated carbocycles. The Morgan fingerprint density at radius 3 is 2.58 bits per heavy atom. The van der Waals surface area contributed by atoms with Crippen molar-refractivity contribution in [3.63, 3.8) is 0 Å². The first kappa shape index (κ1) is 17.1. The maximum Gasteiger partial charge on any atom is 0.271 e. The minimum atomic E-state index is -0.730. The van der Waals surface area contributed by atoms with Crippen LogP contribution >= 0.6 is 0 Å². The van der Waals surface area contributed by atoms with Gasteiger partial charge in [-0.25, -0.2) is 15.0 Å². The number of primary amides is 2. The van der Waals surface area contributed by atoms with E-state index in [0.29, 0.717) is 18.1 Å². The summed E-state index contributed by atoms with van der Waals surface area (Å²) in [5.41, 5.74) is 11.6. The lowest BCUT2D eigenvalue weighted by molar-refractivity contribution is -0.118. The van der Waals surface area contributed by atoms with Crippen molar-refractivity contribution in [2.75, 3.05) is 10.6 Å². The van der Waals surface area contributed by atoms with Gasteiger partial charge in [-0.15, -0.1) is 0 Å². The lowest BCUT2D eigenvalue weighted by Gasteiger charge is -2.15. The van der Waals surface area contributed by atoms with Gasteiger partial charge in [-0.3, -0.25) is 9.59 Å². The SMILES string of the molecule is CCC(Nc1cnc(C(N)=O)c(Nc2cc(C)ccn2)n1)C(N)=O. The Morgan fingerprint density at radius 1 is 1.25 bits per heavy atom. The molecule has 24 heavy (non-hydrogen) atoms. The first-order chi connectivity index (χ1) is 11.4. The molecule has 0 aromatic carbocycles. The highest BCUT2D eigenvalue weighted by molar-refractivity contribution is 5.96. The van der Waals surface area contributed by atoms with Gasteiger partial charge in [-0.1, -0.05) is 6.92 Å². The molecule has 9 nitrogen and oxygen atoms in total. The van der Waals surface area contributed by atoms with E-state index < -0.39 is 17.9 Å². The Labute approximate surface area is 138 Å². The second-order valence-electron chi connectivity index (χ2n) is 5.17. The van der Waals surface area contributed by atoms with Gasteiger partial charge in [0.2, 0.25) is 5.91 Å². The van der Waals surface area contributed by atoms with Crippen molar-refractivity contribution in [1.29, 1.82) is 0 Å². The molecule has 0 fully saturated rings. The fourth-order valence-electron chi connectivity index (χ4n) is 2.00. The monoisotopic (exact) mass is 329 g/mol. The molecule has 6 N–H and O–H groups in total. The molecular formula is C15H19N7O2. The number of hydrogen-bond donors (Lipinski definition) is 4. The second-order valence-corrected chi connectivity index (χ2v) is 5.17. The van der Waals surface area contributed by atoms with E-state index in [2.05, 4.69) is 25.6 Å². The summed E-state index contributed by atoms with van der Waals surface area (Å²) < 4.78 is 0. The van der Waals surface area contributed by atoms with Crippen LogP contribution in [0, 0.1) is 6.92 Å². The predicted molar refractivity (Wildman–Crippen MR) is 89.7 cm³/mol. The Bertz CT molecular complexity index is 763. The zero-order chi connectivity index (χ0) is 17.7. The zero-order valence-corrected chi connectivity index (χ0v) is 13.4. The van der Waals surface area contributed by atoms with Crippen LogP contribution in [0.15, 0.2) is 24.5 Å². The molecule has 0 spiro atoms. The number of carbonyl (C=O) groups excluding carboxylic acids is 2. The van der Waals surface area contributed by atoms with Gasteiger partial charge in [-0.05, 0) is 31.0 Å². The number of rotatable bonds is 7. The fraction of sp³-hybridized carbons (Fsp3) is 0.267. The molecule has 0 aliphatic carbocycles. The molecule has 126 valence electrons. The molecular weight excluding hydrogens is 310 g/mol. The van der Waals surface area contributed by atoms with Crippen LogP contribution in [0.2, 0.25) is 0 Å². The van der Waals surface area contributed by atoms with Crippen LogP contribution in [0.1, 0.15) is 29.4 Å². The van der Waals surface area contributed by atoms with E-state index in [9.17, 15) is 9.59 Å². The predicted octanol–water partition coefficient (Wildman–Crippen LogP) is 0.698. The number of hydrogen-bond acceptors (Lipinski definition) is 7. The average Bonchev–Trinajstić information content (AvgIpc) is 2.52. The smallest absolute Gasteiger partial charge is 0.271 e. The van der Waals surface area contributed by atoms with E-state index in [4.69, 9.17) is 11.5 Å². The van der Waals surface area contributed by atoms with Crippen LogP contribution in [0.3, 0.4) is 0 Å². The Kier molecular flexibility index (Phi) is 5.25. The molecule has 2 rings (SSSR count). The molecule has 2 aromatic rings. The molecule has 0 aliphatic rings. The topological polar surface area (TPSA) is 149 Å². The van der Waals surface area contributed by atoms with Crippen molar-refractivity contribution in [3.8, 4) is 0 Å². The summed E-state index contributed by atoms with van der Waals surface area (Å²) in [6.07, 6.45) is 3.43. The molecule has 1 atom stereocenters. The number of aromatic nitrogens is 3. The lowest BCUT2D eigenvalue weighted by Crippen LogP contribution is -2.35. The molecule has 1 unspecified atom stereocenters. The third kappa shape index (κ3) is 4.15. The minimum absolute atomic E-state index is 0.0315. The van der Waals surface area contributed by atoms with Crippen LogP contribution in [0.25, 0.3) is 0 Å². The molecule has 2 amide bonds. The second kappa shape index (κ2) is 7.36. The maximum atomic E-state index is 11.5. The normalized spacial score (nSPS) is 11.6. The van der Waals surface area contributed by atoms with Crippen LogP contribution in [0.4, 0.5) is 17.5 Å². The quantitative estimate of drug-likeness (QED) is 0.584. The first-order valence-corrected chi connectivity index (χ1v) is 7.33. The molecule has 0 saturated heterocycles. The van der Waals surface area contributed by atoms with Gasteiger partial charge in [0.25, 0.3) is 5.91 Å². The standard InChI is InChI=1S/C15H19N7O2/c1-3-9(13(16)23)20-11-7-19-12(14(17)24)15(22-11)21-10-6-8(2)4-5-18-10/h4-7,9H,3H2,1-2H3,(H2,16,23)(H2,17,24)(H2,18,20,21,22). The van der Waals surface area contributed by atoms with Crippen molar-refractivity contribution < 1.29 is 9.59 Å². The highest BCUT2D eigenvalue weighted by Crippen LogP contribution is 2.19. The number of carbonyl (C=O) groups is 2. The Morgan fingerprint density at radius 2 is 2.00 bits per heavy atom. The maximum absolute atomic E-state index is 11.5. The van der Waals surface area contributed by atoms with Gasteiger partial charge < -0.3 is 22.1 Å². The van der Waals surface area contributed by atoms with Gasteiger partial charge in [0.1, 0.15) is 17.7 Å². The third-order valence-corrected chi connectivity index (χ3v) is 3.24. The van der Waals surface area contributed by atoms with Gasteiger partial charge >= 0.3 is 0 Å². The van der Waals surface area contributed by atoms with Crippen LogP contribution in [0.5, 0.6) is 0 Å². The summed E-state index contributed by atoms with van der Waals surface area (Å²) >= 11 is 0.